The van der Waals surface area contributed by atoms with Gasteiger partial charge in [-0.15, -0.1) is 0 Å². The highest BCUT2D eigenvalue weighted by Crippen LogP contribution is 2.27. The summed E-state index contributed by atoms with van der Waals surface area (Å²) < 4.78 is 49.1. The molecule has 47 heavy (non-hydrogen) atoms. The summed E-state index contributed by atoms with van der Waals surface area (Å²) in [4.78, 5) is 19.5. The molecule has 0 aliphatic rings. The smallest absolute Gasteiger partial charge is 0.290 e. The Labute approximate surface area is 274 Å². The van der Waals surface area contributed by atoms with Crippen molar-refractivity contribution in [2.45, 2.75) is 38.1 Å². The fraction of sp³-hybridized carbons (Fsp3) is 0.265. The second-order valence-electron chi connectivity index (χ2n) is 10.5. The Bertz CT molecular complexity index is 1880. The van der Waals surface area contributed by atoms with E-state index < -0.39 is 15.8 Å². The molecule has 0 amide bonds. The lowest BCUT2D eigenvalue weighted by atomic mass is 10.1. The molecule has 0 aliphatic carbocycles. The number of carboxylic acid groups (broad SMARTS) is 1. The highest BCUT2D eigenvalue weighted by atomic mass is 32.2. The third-order valence-electron chi connectivity index (χ3n) is 7.59. The molecule has 0 saturated carbocycles. The second kappa shape index (κ2) is 16.5. The monoisotopic (exact) mass is 662 g/mol. The largest absolute Gasteiger partial charge is 0.494 e. The van der Waals surface area contributed by atoms with Crippen LogP contribution in [0.3, 0.4) is 0 Å². The van der Waals surface area contributed by atoms with Gasteiger partial charge in [-0.1, -0.05) is 19.9 Å². The minimum atomic E-state index is -3.98. The van der Waals surface area contributed by atoms with Crippen molar-refractivity contribution in [3.8, 4) is 17.0 Å². The van der Waals surface area contributed by atoms with E-state index in [1.54, 1.807) is 24.3 Å². The highest BCUT2D eigenvalue weighted by Gasteiger charge is 2.17. The Balaban J connectivity index is 0.00000160. The molecule has 5 aromatic rings. The van der Waals surface area contributed by atoms with Crippen LogP contribution < -0.4 is 14.8 Å². The zero-order valence-electron chi connectivity index (χ0n) is 26.6. The fourth-order valence-corrected chi connectivity index (χ4v) is 6.16. The number of nitrogens with one attached hydrogen (secondary N) is 2. The van der Waals surface area contributed by atoms with E-state index in [9.17, 15) is 12.8 Å². The van der Waals surface area contributed by atoms with Crippen LogP contribution in [0.15, 0.2) is 90.2 Å². The van der Waals surface area contributed by atoms with Crippen LogP contribution in [0.1, 0.15) is 26.7 Å². The van der Waals surface area contributed by atoms with Gasteiger partial charge in [0.25, 0.3) is 16.5 Å². The molecule has 3 N–H and O–H groups in total. The SMILES string of the molecule is CCN(CC)CCCCn1ccc2cc(-c3cc(Nc4ccc(NS(=O)(=O)c5ccc(OC)c(F)c5)cc4)ncn3)ccc21.O=CO. The summed E-state index contributed by atoms with van der Waals surface area (Å²) in [5.74, 6) is -0.184. The zero-order valence-corrected chi connectivity index (χ0v) is 27.4. The molecule has 0 saturated heterocycles. The lowest BCUT2D eigenvalue weighted by molar-refractivity contribution is -0.122. The molecule has 5 rings (SSSR count). The zero-order chi connectivity index (χ0) is 33.8. The predicted octanol–water partition coefficient (Wildman–Crippen LogP) is 6.61. The van der Waals surface area contributed by atoms with Gasteiger partial charge in [0, 0.05) is 46.6 Å². The maximum absolute atomic E-state index is 14.0. The summed E-state index contributed by atoms with van der Waals surface area (Å²) in [6.07, 6.45) is 5.98. The van der Waals surface area contributed by atoms with E-state index >= 15 is 0 Å². The van der Waals surface area contributed by atoms with Crippen LogP contribution in [0.2, 0.25) is 0 Å². The van der Waals surface area contributed by atoms with Gasteiger partial charge in [-0.3, -0.25) is 9.52 Å². The normalized spacial score (nSPS) is 11.2. The molecule has 11 nitrogen and oxygen atoms in total. The molecule has 0 aliphatic heterocycles. The number of hydrogen-bond acceptors (Lipinski definition) is 8. The average molecular weight is 663 g/mol. The maximum atomic E-state index is 14.0. The third-order valence-corrected chi connectivity index (χ3v) is 8.97. The quantitative estimate of drug-likeness (QED) is 0.0885. The third kappa shape index (κ3) is 9.27. The predicted molar refractivity (Wildman–Crippen MR) is 182 cm³/mol. The number of sulfonamides is 1. The first-order valence-corrected chi connectivity index (χ1v) is 16.6. The lowest BCUT2D eigenvalue weighted by Crippen LogP contribution is -2.24. The van der Waals surface area contributed by atoms with E-state index in [-0.39, 0.29) is 17.1 Å². The molecule has 0 fully saturated rings. The molecule has 0 unspecified atom stereocenters. The molecule has 2 aromatic heterocycles. The standard InChI is InChI=1S/C33H37FN6O3S.CH2O2/c1-4-39(5-2)17-6-7-18-40-19-16-25-20-24(8-14-31(25)40)30-22-33(36-23-35-30)37-26-9-11-27(12-10-26)38-44(41,42)28-13-15-32(43-3)29(34)21-28;2-1-3/h8-16,19-23,38H,4-7,17-18H2,1-3H3,(H,35,36,37);1H,(H,2,3). The first-order valence-electron chi connectivity index (χ1n) is 15.2. The Kier molecular flexibility index (Phi) is 12.3. The minimum absolute atomic E-state index is 0.0285. The van der Waals surface area contributed by atoms with Crippen molar-refractivity contribution in [1.82, 2.24) is 19.4 Å². The maximum Gasteiger partial charge on any atom is 0.290 e. The number of nitrogens with zero attached hydrogens (tertiary/aromatic N) is 4. The van der Waals surface area contributed by atoms with Crippen LogP contribution in [0, 0.1) is 5.82 Å². The summed E-state index contributed by atoms with van der Waals surface area (Å²) in [6.45, 7) is 8.49. The van der Waals surface area contributed by atoms with Crippen molar-refractivity contribution in [3.63, 3.8) is 0 Å². The number of anilines is 3. The van der Waals surface area contributed by atoms with Crippen molar-refractivity contribution in [3.05, 3.63) is 91.1 Å². The Morgan fingerprint density at radius 3 is 2.36 bits per heavy atom. The van der Waals surface area contributed by atoms with E-state index in [0.29, 0.717) is 17.2 Å². The van der Waals surface area contributed by atoms with E-state index in [4.69, 9.17) is 14.6 Å². The minimum Gasteiger partial charge on any atom is -0.494 e. The number of hydrogen-bond donors (Lipinski definition) is 3. The molecule has 0 atom stereocenters. The van der Waals surface area contributed by atoms with Gasteiger partial charge in [0.05, 0.1) is 17.7 Å². The van der Waals surface area contributed by atoms with Crippen LogP contribution in [0.4, 0.5) is 21.6 Å². The molecule has 3 aromatic carbocycles. The molecule has 2 heterocycles. The highest BCUT2D eigenvalue weighted by molar-refractivity contribution is 7.92. The number of aryl methyl sites for hydroxylation is 1. The molecule has 0 spiro atoms. The molecule has 248 valence electrons. The summed E-state index contributed by atoms with van der Waals surface area (Å²) >= 11 is 0. The molecule has 0 radical (unpaired) electrons. The number of benzene rings is 3. The topological polar surface area (TPSA) is 139 Å². The van der Waals surface area contributed by atoms with E-state index in [1.807, 2.05) is 6.07 Å². The van der Waals surface area contributed by atoms with Gasteiger partial charge < -0.3 is 24.6 Å². The summed E-state index contributed by atoms with van der Waals surface area (Å²) in [5, 5.41) is 11.3. The van der Waals surface area contributed by atoms with Crippen LogP contribution in [0.25, 0.3) is 22.2 Å². The molecule has 13 heteroatoms. The van der Waals surface area contributed by atoms with Crippen molar-refractivity contribution in [1.29, 1.82) is 0 Å². The number of halogens is 1. The van der Waals surface area contributed by atoms with Gasteiger partial charge >= 0.3 is 0 Å². The van der Waals surface area contributed by atoms with Crippen molar-refractivity contribution < 1.29 is 27.4 Å². The average Bonchev–Trinajstić information content (AvgIpc) is 3.48. The molecule has 0 bridgehead atoms. The van der Waals surface area contributed by atoms with E-state index in [0.717, 1.165) is 55.3 Å². The number of rotatable bonds is 14. The summed E-state index contributed by atoms with van der Waals surface area (Å²) in [6, 6.07) is 20.6. The number of unbranched alkanes of at least 4 members (excludes halogenated alkanes) is 1. The van der Waals surface area contributed by atoms with Crippen LogP contribution in [-0.2, 0) is 21.4 Å². The number of fused-ring (bicyclic) bond motifs is 1. The first-order chi connectivity index (χ1) is 22.7. The number of methoxy groups -OCH3 is 1. The van der Waals surface area contributed by atoms with Crippen LogP contribution in [0.5, 0.6) is 5.75 Å². The van der Waals surface area contributed by atoms with Gasteiger partial charge in [0.1, 0.15) is 12.1 Å². The Hall–Kier alpha value is -5.01. The first kappa shape index (κ1) is 34.9. The molecular weight excluding hydrogens is 623 g/mol. The van der Waals surface area contributed by atoms with Gasteiger partial charge in [-0.25, -0.2) is 22.8 Å². The van der Waals surface area contributed by atoms with Crippen LogP contribution >= 0.6 is 0 Å². The number of carbonyl (C=O) groups is 1. The second-order valence-corrected chi connectivity index (χ2v) is 12.2. The van der Waals surface area contributed by atoms with Crippen molar-refractivity contribution in [2.24, 2.45) is 0 Å². The summed E-state index contributed by atoms with van der Waals surface area (Å²) in [5.41, 5.74) is 4.02. The van der Waals surface area contributed by atoms with E-state index in [2.05, 4.69) is 73.8 Å². The van der Waals surface area contributed by atoms with Crippen LogP contribution in [-0.4, -0.2) is 66.2 Å². The Morgan fingerprint density at radius 1 is 0.957 bits per heavy atom. The lowest BCUT2D eigenvalue weighted by Gasteiger charge is -2.17. The van der Waals surface area contributed by atoms with Gasteiger partial charge in [-0.2, -0.15) is 0 Å². The van der Waals surface area contributed by atoms with Crippen molar-refractivity contribution in [2.75, 3.05) is 36.8 Å². The number of ether oxygens (including phenoxy) is 1. The van der Waals surface area contributed by atoms with E-state index in [1.165, 1.54) is 37.5 Å². The molecular formula is C34H39FN6O5S. The van der Waals surface area contributed by atoms with Gasteiger partial charge in [0.2, 0.25) is 0 Å². The fourth-order valence-electron chi connectivity index (χ4n) is 5.09. The van der Waals surface area contributed by atoms with Crippen molar-refractivity contribution >= 4 is 44.6 Å². The number of aromatic nitrogens is 3. The Morgan fingerprint density at radius 2 is 1.68 bits per heavy atom. The van der Waals surface area contributed by atoms with Gasteiger partial charge in [0.15, 0.2) is 11.6 Å². The summed E-state index contributed by atoms with van der Waals surface area (Å²) in [7, 11) is -2.67. The van der Waals surface area contributed by atoms with Gasteiger partial charge in [-0.05, 0) is 93.1 Å².